The molecule has 6 nitrogen and oxygen atoms in total. The molecule has 122 valence electrons. The Morgan fingerprint density at radius 1 is 1.38 bits per heavy atom. The molecule has 0 saturated heterocycles. The van der Waals surface area contributed by atoms with E-state index in [1.54, 1.807) is 0 Å². The highest BCUT2D eigenvalue weighted by atomic mass is 79.9. The van der Waals surface area contributed by atoms with E-state index >= 15 is 0 Å². The number of furan rings is 1. The molecule has 0 unspecified atom stereocenters. The molecule has 0 saturated carbocycles. The molecule has 0 aliphatic rings. The van der Waals surface area contributed by atoms with Crippen molar-refractivity contribution in [2.75, 3.05) is 10.6 Å². The lowest BCUT2D eigenvalue weighted by atomic mass is 10.2. The van der Waals surface area contributed by atoms with Gasteiger partial charge in [-0.05, 0) is 48.0 Å². The maximum Gasteiger partial charge on any atom is 0.232 e. The lowest BCUT2D eigenvalue weighted by Gasteiger charge is -2.15. The summed E-state index contributed by atoms with van der Waals surface area (Å²) in [5.74, 6) is 0.973. The third kappa shape index (κ3) is 2.78. The Labute approximate surface area is 145 Å². The molecule has 2 N–H and O–H groups in total. The van der Waals surface area contributed by atoms with Gasteiger partial charge in [0.05, 0.1) is 22.1 Å². The molecule has 8 heteroatoms. The zero-order valence-electron chi connectivity index (χ0n) is 13.0. The van der Waals surface area contributed by atoms with Gasteiger partial charge in [-0.3, -0.25) is 4.90 Å². The van der Waals surface area contributed by atoms with E-state index in [1.807, 2.05) is 20.0 Å². The van der Waals surface area contributed by atoms with Crippen molar-refractivity contribution in [3.05, 3.63) is 45.6 Å². The number of nitrogens with zero attached hydrogens (tertiary/aromatic N) is 4. The average molecular weight is 390 g/mol. The number of nitrogen functional groups attached to an aromatic ring is 1. The van der Waals surface area contributed by atoms with Crippen LogP contribution in [0.4, 0.5) is 15.9 Å². The summed E-state index contributed by atoms with van der Waals surface area (Å²) in [6.07, 6.45) is 2.04. The van der Waals surface area contributed by atoms with Crippen LogP contribution in [0.15, 0.2) is 27.1 Å². The van der Waals surface area contributed by atoms with Gasteiger partial charge in [-0.15, -0.1) is 0 Å². The van der Waals surface area contributed by atoms with E-state index < -0.39 is 5.82 Å². The zero-order chi connectivity index (χ0) is 17.4. The maximum absolute atomic E-state index is 13.4. The molecule has 0 amide bonds. The molecular formula is C16H13BrFN5O. The second-order valence-corrected chi connectivity index (χ2v) is 6.13. The first-order chi connectivity index (χ1) is 11.4. The summed E-state index contributed by atoms with van der Waals surface area (Å²) in [5.41, 5.74) is 7.81. The van der Waals surface area contributed by atoms with Crippen molar-refractivity contribution in [2.24, 2.45) is 0 Å². The van der Waals surface area contributed by atoms with E-state index in [0.717, 1.165) is 11.3 Å². The summed E-state index contributed by atoms with van der Waals surface area (Å²) in [6, 6.07) is 4.30. The largest absolute Gasteiger partial charge is 0.443 e. The normalized spacial score (nSPS) is 10.8. The van der Waals surface area contributed by atoms with Crippen molar-refractivity contribution in [1.82, 2.24) is 9.97 Å². The summed E-state index contributed by atoms with van der Waals surface area (Å²) in [7, 11) is 0. The molecule has 0 aliphatic heterocycles. The molecule has 0 bridgehead atoms. The first-order valence-corrected chi connectivity index (χ1v) is 7.84. The zero-order valence-corrected chi connectivity index (χ0v) is 14.6. The van der Waals surface area contributed by atoms with Gasteiger partial charge in [-0.2, -0.15) is 10.2 Å². The van der Waals surface area contributed by atoms with Crippen LogP contribution in [-0.2, 0) is 6.54 Å². The predicted molar refractivity (Wildman–Crippen MR) is 91.6 cm³/mol. The summed E-state index contributed by atoms with van der Waals surface area (Å²) in [5, 5.41) is 10.1. The summed E-state index contributed by atoms with van der Waals surface area (Å²) in [4.78, 5) is 9.93. The predicted octanol–water partition coefficient (Wildman–Crippen LogP) is 3.81. The molecule has 24 heavy (non-hydrogen) atoms. The van der Waals surface area contributed by atoms with Crippen LogP contribution in [0.3, 0.4) is 0 Å². The highest BCUT2D eigenvalue weighted by Crippen LogP contribution is 2.28. The van der Waals surface area contributed by atoms with Gasteiger partial charge < -0.3 is 10.2 Å². The molecule has 0 spiro atoms. The SMILES string of the molecule is Cc1oc2nc(CN(C#N)c3ccc(F)c(Br)c3)nc(N)c2c1C. The van der Waals surface area contributed by atoms with E-state index in [-0.39, 0.29) is 11.0 Å². The first-order valence-electron chi connectivity index (χ1n) is 7.05. The highest BCUT2D eigenvalue weighted by molar-refractivity contribution is 9.10. The van der Waals surface area contributed by atoms with Gasteiger partial charge in [0.15, 0.2) is 12.0 Å². The van der Waals surface area contributed by atoms with Crippen LogP contribution in [0, 0.1) is 31.1 Å². The number of fused-ring (bicyclic) bond motifs is 1. The minimum atomic E-state index is -0.403. The van der Waals surface area contributed by atoms with Crippen LogP contribution in [0.2, 0.25) is 0 Å². The molecule has 0 radical (unpaired) electrons. The van der Waals surface area contributed by atoms with Gasteiger partial charge in [0.2, 0.25) is 5.71 Å². The fourth-order valence-electron chi connectivity index (χ4n) is 2.38. The number of rotatable bonds is 3. The lowest BCUT2D eigenvalue weighted by Crippen LogP contribution is -2.18. The van der Waals surface area contributed by atoms with Crippen molar-refractivity contribution < 1.29 is 8.81 Å². The van der Waals surface area contributed by atoms with E-state index in [9.17, 15) is 9.65 Å². The number of benzene rings is 1. The minimum Gasteiger partial charge on any atom is -0.443 e. The number of hydrogen-bond donors (Lipinski definition) is 1. The van der Waals surface area contributed by atoms with Crippen molar-refractivity contribution >= 4 is 38.5 Å². The topological polar surface area (TPSA) is 92.0 Å². The maximum atomic E-state index is 13.4. The Bertz CT molecular complexity index is 979. The van der Waals surface area contributed by atoms with Gasteiger partial charge in [0, 0.05) is 5.56 Å². The van der Waals surface area contributed by atoms with Crippen LogP contribution < -0.4 is 10.6 Å². The number of aryl methyl sites for hydroxylation is 2. The van der Waals surface area contributed by atoms with Gasteiger partial charge in [0.1, 0.15) is 17.4 Å². The van der Waals surface area contributed by atoms with Gasteiger partial charge in [0.25, 0.3) is 0 Å². The number of halogens is 2. The molecular weight excluding hydrogens is 377 g/mol. The number of anilines is 2. The number of aromatic nitrogens is 2. The van der Waals surface area contributed by atoms with E-state index in [4.69, 9.17) is 10.2 Å². The van der Waals surface area contributed by atoms with Gasteiger partial charge in [-0.1, -0.05) is 0 Å². The first kappa shape index (κ1) is 16.2. The van der Waals surface area contributed by atoms with Crippen molar-refractivity contribution in [3.63, 3.8) is 0 Å². The third-order valence-electron chi connectivity index (χ3n) is 3.74. The smallest absolute Gasteiger partial charge is 0.232 e. The van der Waals surface area contributed by atoms with Crippen LogP contribution in [-0.4, -0.2) is 9.97 Å². The van der Waals surface area contributed by atoms with Gasteiger partial charge in [-0.25, -0.2) is 9.37 Å². The van der Waals surface area contributed by atoms with E-state index in [0.29, 0.717) is 28.4 Å². The molecule has 3 aromatic rings. The Kier molecular flexibility index (Phi) is 4.11. The molecule has 2 heterocycles. The quantitative estimate of drug-likeness (QED) is 0.540. The van der Waals surface area contributed by atoms with E-state index in [2.05, 4.69) is 25.9 Å². The fraction of sp³-hybridized carbons (Fsp3) is 0.188. The van der Waals surface area contributed by atoms with Crippen LogP contribution in [0.1, 0.15) is 17.1 Å². The Morgan fingerprint density at radius 2 is 2.12 bits per heavy atom. The van der Waals surface area contributed by atoms with E-state index in [1.165, 1.54) is 23.1 Å². The third-order valence-corrected chi connectivity index (χ3v) is 4.35. The Hall–Kier alpha value is -2.66. The van der Waals surface area contributed by atoms with Crippen LogP contribution in [0.5, 0.6) is 0 Å². The summed E-state index contributed by atoms with van der Waals surface area (Å²) >= 11 is 3.11. The molecule has 0 fully saturated rings. The number of nitriles is 1. The van der Waals surface area contributed by atoms with Crippen LogP contribution in [0.25, 0.3) is 11.1 Å². The monoisotopic (exact) mass is 389 g/mol. The molecule has 3 rings (SSSR count). The number of nitrogens with two attached hydrogens (primary N) is 1. The van der Waals surface area contributed by atoms with Gasteiger partial charge >= 0.3 is 0 Å². The average Bonchev–Trinajstić information content (AvgIpc) is 2.82. The lowest BCUT2D eigenvalue weighted by molar-refractivity contribution is 0.561. The Balaban J connectivity index is 1.98. The molecule has 0 atom stereocenters. The molecule has 1 aromatic carbocycles. The highest BCUT2D eigenvalue weighted by Gasteiger charge is 2.17. The van der Waals surface area contributed by atoms with Crippen molar-refractivity contribution in [1.29, 1.82) is 5.26 Å². The second-order valence-electron chi connectivity index (χ2n) is 5.27. The molecule has 2 aromatic heterocycles. The standard InChI is InChI=1S/C16H13BrFN5O/c1-8-9(2)24-16-14(8)15(20)21-13(22-16)6-23(7-19)10-3-4-12(18)11(17)5-10/h3-5H,6H2,1-2H3,(H2,20,21,22). The minimum absolute atomic E-state index is 0.0908. The number of hydrogen-bond acceptors (Lipinski definition) is 6. The Morgan fingerprint density at radius 3 is 2.79 bits per heavy atom. The van der Waals surface area contributed by atoms with Crippen LogP contribution >= 0.6 is 15.9 Å². The second kappa shape index (κ2) is 6.09. The summed E-state index contributed by atoms with van der Waals surface area (Å²) in [6.45, 7) is 3.81. The summed E-state index contributed by atoms with van der Waals surface area (Å²) < 4.78 is 19.2. The van der Waals surface area contributed by atoms with Crippen molar-refractivity contribution in [3.8, 4) is 6.19 Å². The van der Waals surface area contributed by atoms with Crippen molar-refractivity contribution in [2.45, 2.75) is 20.4 Å². The molecule has 0 aliphatic carbocycles. The fourth-order valence-corrected chi connectivity index (χ4v) is 2.74.